The zero-order valence-corrected chi connectivity index (χ0v) is 13.4. The second-order valence-electron chi connectivity index (χ2n) is 5.42. The van der Waals surface area contributed by atoms with Gasteiger partial charge in [-0.05, 0) is 48.5 Å². The van der Waals surface area contributed by atoms with E-state index in [2.05, 4.69) is 5.32 Å². The molecule has 0 fully saturated rings. The number of hydrogen-bond acceptors (Lipinski definition) is 2. The predicted molar refractivity (Wildman–Crippen MR) is 94.8 cm³/mol. The molecule has 0 radical (unpaired) electrons. The number of anilines is 4. The van der Waals surface area contributed by atoms with Gasteiger partial charge in [0.05, 0.1) is 17.1 Å². The molecular weight excluding hydrogens is 343 g/mol. The summed E-state index contributed by atoms with van der Waals surface area (Å²) in [5, 5.41) is 2.26. The van der Waals surface area contributed by atoms with Crippen molar-refractivity contribution >= 4 is 28.8 Å². The van der Waals surface area contributed by atoms with Gasteiger partial charge in [-0.2, -0.15) is 0 Å². The molecule has 3 aromatic carbocycles. The smallest absolute Gasteiger partial charge is 0.331 e. The summed E-state index contributed by atoms with van der Waals surface area (Å²) < 4.78 is 40.4. The van der Waals surface area contributed by atoms with Crippen molar-refractivity contribution in [2.24, 2.45) is 0 Å². The molecule has 2 amide bonds. The Hall–Kier alpha value is -3.48. The van der Waals surface area contributed by atoms with Crippen LogP contribution in [0.25, 0.3) is 0 Å². The van der Waals surface area contributed by atoms with E-state index in [1.807, 2.05) is 0 Å². The summed E-state index contributed by atoms with van der Waals surface area (Å²) in [6.07, 6.45) is 0. The molecule has 132 valence electrons. The van der Waals surface area contributed by atoms with Gasteiger partial charge in [-0.25, -0.2) is 18.0 Å². The Morgan fingerprint density at radius 1 is 0.808 bits per heavy atom. The number of nitrogens with zero attached hydrogens (tertiary/aromatic N) is 1. The van der Waals surface area contributed by atoms with Crippen LogP contribution in [0.2, 0.25) is 0 Å². The number of hydrogen-bond donors (Lipinski definition) is 2. The average molecular weight is 357 g/mol. The number of para-hydroxylation sites is 1. The lowest BCUT2D eigenvalue weighted by molar-refractivity contribution is 0.259. The van der Waals surface area contributed by atoms with Crippen LogP contribution < -0.4 is 16.0 Å². The van der Waals surface area contributed by atoms with Crippen molar-refractivity contribution in [2.45, 2.75) is 0 Å². The van der Waals surface area contributed by atoms with E-state index < -0.39 is 29.2 Å². The van der Waals surface area contributed by atoms with Gasteiger partial charge < -0.3 is 11.1 Å². The number of nitrogens with two attached hydrogens (primary N) is 1. The molecule has 3 N–H and O–H groups in total. The number of benzene rings is 3. The second-order valence-corrected chi connectivity index (χ2v) is 5.42. The molecule has 0 saturated heterocycles. The Labute approximate surface area is 147 Å². The van der Waals surface area contributed by atoms with Gasteiger partial charge in [-0.15, -0.1) is 0 Å². The quantitative estimate of drug-likeness (QED) is 0.509. The number of nitrogens with one attached hydrogen (secondary N) is 1. The van der Waals surface area contributed by atoms with Gasteiger partial charge in [0.15, 0.2) is 17.5 Å². The van der Waals surface area contributed by atoms with Gasteiger partial charge in [0.2, 0.25) is 0 Å². The number of urea groups is 1. The van der Waals surface area contributed by atoms with E-state index in [1.165, 1.54) is 4.90 Å². The topological polar surface area (TPSA) is 58.4 Å². The van der Waals surface area contributed by atoms with Crippen LogP contribution in [0.5, 0.6) is 0 Å². The van der Waals surface area contributed by atoms with Crippen LogP contribution in [0, 0.1) is 17.5 Å². The Kier molecular flexibility index (Phi) is 4.79. The molecule has 0 atom stereocenters. The maximum absolute atomic E-state index is 13.9. The molecule has 0 saturated carbocycles. The maximum atomic E-state index is 13.9. The van der Waals surface area contributed by atoms with Gasteiger partial charge in [0, 0.05) is 5.69 Å². The summed E-state index contributed by atoms with van der Waals surface area (Å²) in [5.41, 5.74) is 6.67. The van der Waals surface area contributed by atoms with Crippen LogP contribution in [0.1, 0.15) is 0 Å². The summed E-state index contributed by atoms with van der Waals surface area (Å²) in [6.45, 7) is 0. The predicted octanol–water partition coefficient (Wildman–Crippen LogP) is 5.06. The molecule has 26 heavy (non-hydrogen) atoms. The molecular formula is C19H14F3N3O. The molecule has 0 unspecified atom stereocenters. The summed E-state index contributed by atoms with van der Waals surface area (Å²) in [7, 11) is 0. The number of halogens is 3. The van der Waals surface area contributed by atoms with Crippen LogP contribution in [0.4, 0.5) is 40.7 Å². The van der Waals surface area contributed by atoms with Crippen molar-refractivity contribution in [3.05, 3.63) is 84.2 Å². The molecule has 0 spiro atoms. The van der Waals surface area contributed by atoms with E-state index in [9.17, 15) is 18.0 Å². The van der Waals surface area contributed by atoms with Crippen molar-refractivity contribution in [1.82, 2.24) is 0 Å². The first-order chi connectivity index (χ1) is 12.5. The first-order valence-electron chi connectivity index (χ1n) is 7.62. The molecule has 3 aromatic rings. The lowest BCUT2D eigenvalue weighted by atomic mass is 10.2. The third-order valence-corrected chi connectivity index (χ3v) is 3.65. The zero-order valence-electron chi connectivity index (χ0n) is 13.4. The van der Waals surface area contributed by atoms with Crippen molar-refractivity contribution in [1.29, 1.82) is 0 Å². The lowest BCUT2D eigenvalue weighted by Gasteiger charge is -2.23. The third-order valence-electron chi connectivity index (χ3n) is 3.65. The van der Waals surface area contributed by atoms with Gasteiger partial charge in [0.1, 0.15) is 0 Å². The summed E-state index contributed by atoms with van der Waals surface area (Å²) in [6, 6.07) is 16.0. The molecule has 0 aliphatic rings. The molecule has 0 heterocycles. The summed E-state index contributed by atoms with van der Waals surface area (Å²) in [5.74, 6) is -4.45. The van der Waals surface area contributed by atoms with Gasteiger partial charge in [0.25, 0.3) is 0 Å². The summed E-state index contributed by atoms with van der Waals surface area (Å²) in [4.78, 5) is 14.0. The fourth-order valence-corrected chi connectivity index (χ4v) is 2.38. The number of rotatable bonds is 3. The van der Waals surface area contributed by atoms with Crippen LogP contribution >= 0.6 is 0 Å². The Balaban J connectivity index is 1.98. The molecule has 4 nitrogen and oxygen atoms in total. The molecule has 0 aliphatic carbocycles. The number of carbonyl (C=O) groups is 1. The zero-order chi connectivity index (χ0) is 18.7. The maximum Gasteiger partial charge on any atom is 0.331 e. The fourth-order valence-electron chi connectivity index (χ4n) is 2.38. The third kappa shape index (κ3) is 3.46. The minimum absolute atomic E-state index is 0.464. The normalized spacial score (nSPS) is 10.4. The van der Waals surface area contributed by atoms with Gasteiger partial charge in [-0.3, -0.25) is 4.90 Å². The van der Waals surface area contributed by atoms with E-state index >= 15 is 0 Å². The number of carbonyl (C=O) groups excluding carboxylic acids is 1. The molecule has 0 aromatic heterocycles. The van der Waals surface area contributed by atoms with Crippen LogP contribution in [0.15, 0.2) is 66.7 Å². The Morgan fingerprint density at radius 2 is 1.42 bits per heavy atom. The highest BCUT2D eigenvalue weighted by Gasteiger charge is 2.21. The number of nitrogen functional groups attached to an aromatic ring is 1. The van der Waals surface area contributed by atoms with Crippen molar-refractivity contribution in [3.8, 4) is 0 Å². The van der Waals surface area contributed by atoms with Gasteiger partial charge in [-0.1, -0.05) is 18.2 Å². The first kappa shape index (κ1) is 17.3. The van der Waals surface area contributed by atoms with Crippen LogP contribution in [0.3, 0.4) is 0 Å². The highest BCUT2D eigenvalue weighted by molar-refractivity contribution is 6.07. The van der Waals surface area contributed by atoms with Crippen LogP contribution in [-0.2, 0) is 0 Å². The lowest BCUT2D eigenvalue weighted by Crippen LogP contribution is -2.31. The first-order valence-corrected chi connectivity index (χ1v) is 7.62. The van der Waals surface area contributed by atoms with Gasteiger partial charge >= 0.3 is 6.03 Å². The van der Waals surface area contributed by atoms with E-state index in [4.69, 9.17) is 5.73 Å². The summed E-state index contributed by atoms with van der Waals surface area (Å²) >= 11 is 0. The standard InChI is InChI=1S/C19H14F3N3O/c20-15-10-11-16(18(22)17(15)21)24-19(26)25(13-4-2-1-3-5-13)14-8-6-12(23)7-9-14/h1-11H,23H2,(H,24,26). The van der Waals surface area contributed by atoms with Crippen LogP contribution in [-0.4, -0.2) is 6.03 Å². The van der Waals surface area contributed by atoms with Crippen molar-refractivity contribution < 1.29 is 18.0 Å². The molecule has 0 bridgehead atoms. The fraction of sp³-hybridized carbons (Fsp3) is 0. The number of amides is 2. The minimum Gasteiger partial charge on any atom is -0.399 e. The van der Waals surface area contributed by atoms with Crippen molar-refractivity contribution in [2.75, 3.05) is 16.0 Å². The highest BCUT2D eigenvalue weighted by Crippen LogP contribution is 2.28. The Morgan fingerprint density at radius 3 is 2.08 bits per heavy atom. The van der Waals surface area contributed by atoms with E-state index in [-0.39, 0.29) is 0 Å². The van der Waals surface area contributed by atoms with Crippen molar-refractivity contribution in [3.63, 3.8) is 0 Å². The molecule has 0 aliphatic heterocycles. The largest absolute Gasteiger partial charge is 0.399 e. The second kappa shape index (κ2) is 7.18. The molecule has 3 rings (SSSR count). The highest BCUT2D eigenvalue weighted by atomic mass is 19.2. The Bertz CT molecular complexity index is 931. The average Bonchev–Trinajstić information content (AvgIpc) is 2.65. The van der Waals surface area contributed by atoms with E-state index in [0.717, 1.165) is 12.1 Å². The minimum atomic E-state index is -1.65. The van der Waals surface area contributed by atoms with E-state index in [1.54, 1.807) is 54.6 Å². The molecule has 7 heteroatoms. The monoisotopic (exact) mass is 357 g/mol. The van der Waals surface area contributed by atoms with E-state index in [0.29, 0.717) is 17.1 Å². The SMILES string of the molecule is Nc1ccc(N(C(=O)Nc2ccc(F)c(F)c2F)c2ccccc2)cc1.